The fourth-order valence-corrected chi connectivity index (χ4v) is 5.77. The summed E-state index contributed by atoms with van der Waals surface area (Å²) in [5, 5.41) is 18.0. The molecule has 4 rings (SSSR count). The van der Waals surface area contributed by atoms with Crippen molar-refractivity contribution in [2.45, 2.75) is 21.6 Å². The smallest absolute Gasteiger partial charge is 0.296 e. The first-order chi connectivity index (χ1) is 17.7. The summed E-state index contributed by atoms with van der Waals surface area (Å²) in [5.41, 5.74) is -0.229. The minimum absolute atomic E-state index is 0. The Morgan fingerprint density at radius 3 is 1.88 bits per heavy atom. The molecule has 0 heterocycles. The van der Waals surface area contributed by atoms with Crippen molar-refractivity contribution in [3.63, 3.8) is 0 Å². The molecule has 0 atom stereocenters. The third-order valence-electron chi connectivity index (χ3n) is 5.30. The van der Waals surface area contributed by atoms with E-state index in [1.807, 2.05) is 0 Å². The first-order valence-corrected chi connectivity index (χ1v) is 14.9. The van der Waals surface area contributed by atoms with Crippen LogP contribution in [0.2, 0.25) is 0 Å². The van der Waals surface area contributed by atoms with Crippen molar-refractivity contribution < 1.29 is 39.5 Å². The topological polar surface area (TPSA) is 200 Å². The van der Waals surface area contributed by atoms with E-state index in [1.165, 1.54) is 36.4 Å². The summed E-state index contributed by atoms with van der Waals surface area (Å²) in [4.78, 5) is -1.96. The van der Waals surface area contributed by atoms with Gasteiger partial charge in [0.05, 0.1) is 26.6 Å². The third-order valence-corrected chi connectivity index (χ3v) is 8.38. The molecule has 0 saturated heterocycles. The average Bonchev–Trinajstić information content (AvgIpc) is 2.82. The summed E-state index contributed by atoms with van der Waals surface area (Å²) in [7, 11) is -14.4. The molecule has 4 N–H and O–H groups in total. The molecule has 4 aromatic rings. The Morgan fingerprint density at radius 2 is 1.32 bits per heavy atom. The Labute approximate surface area is 274 Å². The Balaban J connectivity index is 0.00000280. The Kier molecular flexibility index (Phi) is 11.1. The molecule has 40 heavy (non-hydrogen) atoms. The Bertz CT molecular complexity index is 1920. The number of aryl methyl sites for hydroxylation is 1. The summed E-state index contributed by atoms with van der Waals surface area (Å²) in [6.45, 7) is 1.74. The third kappa shape index (κ3) is 7.68. The normalized spacial score (nSPS) is 12.1. The number of phenols is 1. The van der Waals surface area contributed by atoms with Gasteiger partial charge in [-0.3, -0.25) is 13.8 Å². The van der Waals surface area contributed by atoms with Crippen LogP contribution in [-0.2, 0) is 30.3 Å². The van der Waals surface area contributed by atoms with Crippen molar-refractivity contribution in [3.8, 4) is 5.75 Å². The van der Waals surface area contributed by atoms with Crippen LogP contribution in [0.5, 0.6) is 5.75 Å². The van der Waals surface area contributed by atoms with E-state index >= 15 is 0 Å². The zero-order chi connectivity index (χ0) is 27.9. The number of nitrogens with one attached hydrogen (secondary N) is 1. The molecule has 0 amide bonds. The maximum absolute atomic E-state index is 13.1. The standard InChI is InChI=1S/C23H19N3O9S3.2Na/c1-14-7-9-17(10-8-14)36(28,29)26-19-13-18(37(30,31)32)11-15-12-20(38(33,34)35)22(23(27)21(15)19)25-24-16-5-3-2-4-6-16;;/h2-13,26-27H,1H3,(H,30,31,32)(H,33,34,35);;. The number of anilines is 1. The van der Waals surface area contributed by atoms with E-state index in [9.17, 15) is 39.5 Å². The van der Waals surface area contributed by atoms with Crippen molar-refractivity contribution in [1.29, 1.82) is 0 Å². The second-order valence-electron chi connectivity index (χ2n) is 8.05. The number of sulfonamides is 1. The quantitative estimate of drug-likeness (QED) is 0.134. The maximum atomic E-state index is 13.1. The molecule has 4 aromatic carbocycles. The van der Waals surface area contributed by atoms with Crippen LogP contribution >= 0.6 is 0 Å². The van der Waals surface area contributed by atoms with E-state index in [0.29, 0.717) is 0 Å². The Hall–Kier alpha value is -1.89. The van der Waals surface area contributed by atoms with Gasteiger partial charge in [0.1, 0.15) is 10.6 Å². The molecule has 0 saturated carbocycles. The van der Waals surface area contributed by atoms with E-state index in [1.54, 1.807) is 25.1 Å². The van der Waals surface area contributed by atoms with E-state index in [0.717, 1.165) is 23.8 Å². The predicted molar refractivity (Wildman–Crippen MR) is 149 cm³/mol. The molecule has 0 aliphatic heterocycles. The molecular formula is C23H19N3Na2O9S3. The van der Waals surface area contributed by atoms with Gasteiger partial charge in [-0.2, -0.15) is 21.9 Å². The molecule has 0 spiro atoms. The first kappa shape index (κ1) is 34.3. The van der Waals surface area contributed by atoms with Gasteiger partial charge < -0.3 is 5.11 Å². The zero-order valence-corrected chi connectivity index (χ0v) is 27.8. The van der Waals surface area contributed by atoms with Crippen LogP contribution in [0.1, 0.15) is 5.56 Å². The SMILES string of the molecule is Cc1ccc(S(=O)(=O)Nc2cc(S(=O)(=O)O)cc3cc(S(=O)(=O)O)c(N=Nc4ccccc4)c(O)c23)cc1.[Na].[Na]. The van der Waals surface area contributed by atoms with Crippen LogP contribution in [0.25, 0.3) is 10.8 Å². The van der Waals surface area contributed by atoms with Gasteiger partial charge in [-0.1, -0.05) is 35.9 Å². The van der Waals surface area contributed by atoms with Crippen molar-refractivity contribution in [3.05, 3.63) is 78.4 Å². The van der Waals surface area contributed by atoms with Crippen molar-refractivity contribution in [2.75, 3.05) is 4.72 Å². The fourth-order valence-electron chi connectivity index (χ4n) is 3.51. The molecule has 0 aromatic heterocycles. The molecule has 0 aliphatic carbocycles. The number of azo groups is 1. The Morgan fingerprint density at radius 1 is 0.725 bits per heavy atom. The van der Waals surface area contributed by atoms with E-state index in [2.05, 4.69) is 15.0 Å². The number of hydrogen-bond acceptors (Lipinski definition) is 9. The number of nitrogens with zero attached hydrogens (tertiary/aromatic N) is 2. The van der Waals surface area contributed by atoms with Crippen LogP contribution in [0.3, 0.4) is 0 Å². The molecule has 2 radical (unpaired) electrons. The fraction of sp³-hybridized carbons (Fsp3) is 0.0435. The van der Waals surface area contributed by atoms with Gasteiger partial charge in [0.15, 0.2) is 5.75 Å². The monoisotopic (exact) mass is 623 g/mol. The summed E-state index contributed by atoms with van der Waals surface area (Å²) >= 11 is 0. The van der Waals surface area contributed by atoms with Gasteiger partial charge >= 0.3 is 0 Å². The van der Waals surface area contributed by atoms with Crippen LogP contribution in [-0.4, -0.2) is 98.6 Å². The van der Waals surface area contributed by atoms with Gasteiger partial charge in [0.2, 0.25) is 0 Å². The van der Waals surface area contributed by atoms with Crippen molar-refractivity contribution in [2.24, 2.45) is 10.2 Å². The molecule has 0 bridgehead atoms. The molecule has 0 fully saturated rings. The molecule has 12 nitrogen and oxygen atoms in total. The van der Waals surface area contributed by atoms with Crippen LogP contribution in [0.4, 0.5) is 17.1 Å². The van der Waals surface area contributed by atoms with Gasteiger partial charge in [-0.25, -0.2) is 8.42 Å². The van der Waals surface area contributed by atoms with Crippen molar-refractivity contribution >= 4 is 117 Å². The maximum Gasteiger partial charge on any atom is 0.296 e. The van der Waals surface area contributed by atoms with Gasteiger partial charge in [-0.05, 0) is 54.8 Å². The number of aromatic hydroxyl groups is 1. The molecule has 17 heteroatoms. The number of rotatable bonds is 7. The molecule has 0 aliphatic rings. The van der Waals surface area contributed by atoms with E-state index in [-0.39, 0.29) is 80.5 Å². The zero-order valence-electron chi connectivity index (χ0n) is 21.3. The summed E-state index contributed by atoms with van der Waals surface area (Å²) in [6, 6.07) is 15.9. The number of fused-ring (bicyclic) bond motifs is 1. The molecule has 0 unspecified atom stereocenters. The molecular weight excluding hydrogens is 604 g/mol. The van der Waals surface area contributed by atoms with Gasteiger partial charge in [0, 0.05) is 59.1 Å². The van der Waals surface area contributed by atoms with Gasteiger partial charge in [-0.15, -0.1) is 5.11 Å². The first-order valence-electron chi connectivity index (χ1n) is 10.5. The van der Waals surface area contributed by atoms with Crippen LogP contribution < -0.4 is 4.72 Å². The summed E-state index contributed by atoms with van der Waals surface area (Å²) in [6.07, 6.45) is 0. The molecule has 200 valence electrons. The summed E-state index contributed by atoms with van der Waals surface area (Å²) < 4.78 is 95.8. The number of benzene rings is 4. The second-order valence-corrected chi connectivity index (χ2v) is 12.5. The largest absolute Gasteiger partial charge is 0.505 e. The predicted octanol–water partition coefficient (Wildman–Crippen LogP) is 3.80. The van der Waals surface area contributed by atoms with E-state index in [4.69, 9.17) is 0 Å². The van der Waals surface area contributed by atoms with Crippen LogP contribution in [0, 0.1) is 6.92 Å². The minimum atomic E-state index is -5.06. The minimum Gasteiger partial charge on any atom is -0.505 e. The number of hydrogen-bond donors (Lipinski definition) is 4. The van der Waals surface area contributed by atoms with Crippen molar-refractivity contribution in [1.82, 2.24) is 0 Å². The average molecular weight is 624 g/mol. The van der Waals surface area contributed by atoms with Gasteiger partial charge in [0.25, 0.3) is 30.3 Å². The summed E-state index contributed by atoms with van der Waals surface area (Å²) in [5.74, 6) is -0.932. The van der Waals surface area contributed by atoms with E-state index < -0.39 is 57.2 Å². The number of phenolic OH excluding ortho intramolecular Hbond substituents is 1. The van der Waals surface area contributed by atoms with Crippen LogP contribution in [0.15, 0.2) is 97.7 Å². The second kappa shape index (κ2) is 13.0.